The van der Waals surface area contributed by atoms with Crippen LogP contribution in [0.3, 0.4) is 0 Å². The molecule has 1 fully saturated rings. The number of benzene rings is 1. The SMILES string of the molecule is COC(=O)C1CCN([C@@H](c2ccccc2F)c2sc3nc(C)nn3c2O)CC1. The quantitative estimate of drug-likeness (QED) is 0.674. The molecule has 3 aromatic rings. The molecule has 1 atom stereocenters. The number of carbonyl (C=O) groups excluding carboxylic acids is 1. The first-order chi connectivity index (χ1) is 13.5. The second kappa shape index (κ2) is 7.48. The fourth-order valence-electron chi connectivity index (χ4n) is 3.79. The van der Waals surface area contributed by atoms with E-state index in [0.29, 0.717) is 47.2 Å². The zero-order valence-corrected chi connectivity index (χ0v) is 16.4. The number of aromatic hydroxyl groups is 1. The molecule has 3 heterocycles. The Labute approximate surface area is 165 Å². The van der Waals surface area contributed by atoms with Crippen LogP contribution >= 0.6 is 11.3 Å². The van der Waals surface area contributed by atoms with Crippen molar-refractivity contribution in [3.05, 3.63) is 46.3 Å². The van der Waals surface area contributed by atoms with Gasteiger partial charge >= 0.3 is 5.97 Å². The number of hydrogen-bond acceptors (Lipinski definition) is 7. The van der Waals surface area contributed by atoms with Crippen LogP contribution in [0.25, 0.3) is 4.96 Å². The summed E-state index contributed by atoms with van der Waals surface area (Å²) in [5.41, 5.74) is 0.482. The smallest absolute Gasteiger partial charge is 0.308 e. The highest BCUT2D eigenvalue weighted by molar-refractivity contribution is 7.17. The molecule has 0 bridgehead atoms. The summed E-state index contributed by atoms with van der Waals surface area (Å²) in [5.74, 6) is -0.157. The second-order valence-electron chi connectivity index (χ2n) is 6.90. The predicted molar refractivity (Wildman–Crippen MR) is 102 cm³/mol. The zero-order chi connectivity index (χ0) is 19.8. The van der Waals surface area contributed by atoms with E-state index >= 15 is 0 Å². The summed E-state index contributed by atoms with van der Waals surface area (Å²) >= 11 is 1.30. The summed E-state index contributed by atoms with van der Waals surface area (Å²) in [6, 6.07) is 6.10. The van der Waals surface area contributed by atoms with Gasteiger partial charge in [-0.2, -0.15) is 4.52 Å². The molecule has 0 amide bonds. The molecule has 1 aliphatic heterocycles. The van der Waals surface area contributed by atoms with Gasteiger partial charge in [0.25, 0.3) is 0 Å². The van der Waals surface area contributed by atoms with E-state index in [1.807, 2.05) is 0 Å². The van der Waals surface area contributed by atoms with E-state index in [1.54, 1.807) is 25.1 Å². The van der Waals surface area contributed by atoms with Crippen LogP contribution in [0.1, 0.15) is 35.1 Å². The van der Waals surface area contributed by atoms with E-state index in [4.69, 9.17) is 4.74 Å². The van der Waals surface area contributed by atoms with Crippen LogP contribution in [0.5, 0.6) is 5.88 Å². The summed E-state index contributed by atoms with van der Waals surface area (Å²) in [6.45, 7) is 2.93. The molecule has 0 unspecified atom stereocenters. The van der Waals surface area contributed by atoms with Crippen molar-refractivity contribution in [3.63, 3.8) is 0 Å². The van der Waals surface area contributed by atoms with Crippen molar-refractivity contribution in [2.45, 2.75) is 25.8 Å². The molecule has 0 spiro atoms. The summed E-state index contributed by atoms with van der Waals surface area (Å²) in [4.78, 5) is 19.4. The Morgan fingerprint density at radius 1 is 1.36 bits per heavy atom. The molecule has 1 N–H and O–H groups in total. The molecule has 0 radical (unpaired) electrons. The Morgan fingerprint density at radius 2 is 2.07 bits per heavy atom. The van der Waals surface area contributed by atoms with E-state index in [0.717, 1.165) is 0 Å². The Kier molecular flexibility index (Phi) is 5.03. The molecular weight excluding hydrogens is 383 g/mol. The lowest BCUT2D eigenvalue weighted by molar-refractivity contribution is -0.147. The fraction of sp³-hybridized carbons (Fsp3) is 0.421. The van der Waals surface area contributed by atoms with E-state index in [9.17, 15) is 14.3 Å². The first-order valence-electron chi connectivity index (χ1n) is 9.11. The van der Waals surface area contributed by atoms with Gasteiger partial charge in [0.05, 0.1) is 23.9 Å². The summed E-state index contributed by atoms with van der Waals surface area (Å²) < 4.78 is 21.0. The number of rotatable bonds is 4. The maximum Gasteiger partial charge on any atom is 0.308 e. The number of aromatic nitrogens is 3. The number of likely N-dealkylation sites (tertiary alicyclic amines) is 1. The van der Waals surface area contributed by atoms with Crippen molar-refractivity contribution in [2.24, 2.45) is 5.92 Å². The van der Waals surface area contributed by atoms with Crippen LogP contribution in [0.2, 0.25) is 0 Å². The molecule has 9 heteroatoms. The molecule has 0 aliphatic carbocycles. The molecule has 28 heavy (non-hydrogen) atoms. The number of nitrogens with zero attached hydrogens (tertiary/aromatic N) is 4. The molecule has 4 rings (SSSR count). The highest BCUT2D eigenvalue weighted by Crippen LogP contribution is 2.42. The van der Waals surface area contributed by atoms with Gasteiger partial charge < -0.3 is 9.84 Å². The van der Waals surface area contributed by atoms with Gasteiger partial charge in [-0.25, -0.2) is 9.37 Å². The summed E-state index contributed by atoms with van der Waals surface area (Å²) in [6.07, 6.45) is 1.25. The van der Waals surface area contributed by atoms with Crippen molar-refractivity contribution >= 4 is 22.3 Å². The van der Waals surface area contributed by atoms with Gasteiger partial charge in [0.1, 0.15) is 11.6 Å². The molecule has 148 valence electrons. The Morgan fingerprint density at radius 3 is 2.71 bits per heavy atom. The van der Waals surface area contributed by atoms with Gasteiger partial charge in [-0.1, -0.05) is 29.5 Å². The third-order valence-electron chi connectivity index (χ3n) is 5.18. The molecule has 1 saturated heterocycles. The van der Waals surface area contributed by atoms with Crippen molar-refractivity contribution in [1.29, 1.82) is 0 Å². The van der Waals surface area contributed by atoms with E-state index in [2.05, 4.69) is 15.0 Å². The predicted octanol–water partition coefficient (Wildman–Crippen LogP) is 2.92. The standard InChI is InChI=1S/C19H21FN4O3S/c1-11-21-19-24(22-11)17(25)16(28-19)15(13-5-3-4-6-14(13)20)23-9-7-12(8-10-23)18(26)27-2/h3-6,12,15,25H,7-10H2,1-2H3/t15-/m0/s1. The number of esters is 1. The highest BCUT2D eigenvalue weighted by Gasteiger charge is 2.35. The zero-order valence-electron chi connectivity index (χ0n) is 15.6. The molecule has 0 saturated carbocycles. The maximum atomic E-state index is 14.7. The Bertz CT molecular complexity index is 1010. The molecule has 7 nitrogen and oxygen atoms in total. The van der Waals surface area contributed by atoms with Crippen LogP contribution in [-0.2, 0) is 9.53 Å². The summed E-state index contributed by atoms with van der Waals surface area (Å²) in [7, 11) is 1.39. The molecule has 1 aliphatic rings. The average Bonchev–Trinajstić information content (AvgIpc) is 3.21. The topological polar surface area (TPSA) is 80.0 Å². The number of piperidine rings is 1. The molecular formula is C19H21FN4O3S. The Hall–Kier alpha value is -2.52. The Balaban J connectivity index is 1.73. The number of halogens is 1. The minimum absolute atomic E-state index is 0.0241. The number of aryl methyl sites for hydroxylation is 1. The normalized spacial score (nSPS) is 17.1. The minimum Gasteiger partial charge on any atom is -0.492 e. The summed E-state index contributed by atoms with van der Waals surface area (Å²) in [5, 5.41) is 15.0. The number of hydrogen-bond donors (Lipinski definition) is 1. The van der Waals surface area contributed by atoms with Crippen LogP contribution in [0, 0.1) is 18.7 Å². The second-order valence-corrected chi connectivity index (χ2v) is 7.91. The fourth-order valence-corrected chi connectivity index (χ4v) is 4.94. The number of fused-ring (bicyclic) bond motifs is 1. The van der Waals surface area contributed by atoms with Gasteiger partial charge in [-0.15, -0.1) is 5.10 Å². The maximum absolute atomic E-state index is 14.7. The number of methoxy groups -OCH3 is 1. The van der Waals surface area contributed by atoms with Gasteiger partial charge in [0.15, 0.2) is 0 Å². The van der Waals surface area contributed by atoms with Gasteiger partial charge in [-0.05, 0) is 38.9 Å². The largest absolute Gasteiger partial charge is 0.492 e. The van der Waals surface area contributed by atoms with Gasteiger partial charge in [-0.3, -0.25) is 9.69 Å². The third kappa shape index (κ3) is 3.24. The van der Waals surface area contributed by atoms with Crippen LogP contribution in [0.15, 0.2) is 24.3 Å². The van der Waals surface area contributed by atoms with Crippen LogP contribution in [0.4, 0.5) is 4.39 Å². The van der Waals surface area contributed by atoms with Crippen molar-refractivity contribution < 1.29 is 19.0 Å². The van der Waals surface area contributed by atoms with Crippen LogP contribution in [-0.4, -0.2) is 50.8 Å². The van der Waals surface area contributed by atoms with E-state index < -0.39 is 6.04 Å². The lowest BCUT2D eigenvalue weighted by atomic mass is 9.93. The van der Waals surface area contributed by atoms with Crippen molar-refractivity contribution in [2.75, 3.05) is 20.2 Å². The van der Waals surface area contributed by atoms with Gasteiger partial charge in [0, 0.05) is 5.56 Å². The number of thiazole rings is 1. The van der Waals surface area contributed by atoms with Gasteiger partial charge in [0.2, 0.25) is 10.8 Å². The first kappa shape index (κ1) is 18.8. The van der Waals surface area contributed by atoms with Crippen molar-refractivity contribution in [3.8, 4) is 5.88 Å². The van der Waals surface area contributed by atoms with Crippen LogP contribution < -0.4 is 0 Å². The molecule has 1 aromatic carbocycles. The third-order valence-corrected chi connectivity index (χ3v) is 6.26. The average molecular weight is 404 g/mol. The lowest BCUT2D eigenvalue weighted by Gasteiger charge is -2.36. The number of ether oxygens (including phenoxy) is 1. The van der Waals surface area contributed by atoms with Crippen molar-refractivity contribution in [1.82, 2.24) is 19.5 Å². The minimum atomic E-state index is -0.478. The monoisotopic (exact) mass is 404 g/mol. The first-order valence-corrected chi connectivity index (χ1v) is 9.92. The highest BCUT2D eigenvalue weighted by atomic mass is 32.1. The number of carbonyl (C=O) groups is 1. The molecule has 2 aromatic heterocycles. The van der Waals surface area contributed by atoms with E-state index in [-0.39, 0.29) is 23.6 Å². The lowest BCUT2D eigenvalue weighted by Crippen LogP contribution is -2.39. The van der Waals surface area contributed by atoms with E-state index in [1.165, 1.54) is 29.0 Å².